The van der Waals surface area contributed by atoms with Crippen LogP contribution in [0.5, 0.6) is 0 Å². The predicted molar refractivity (Wildman–Crippen MR) is 78.4 cm³/mol. The first kappa shape index (κ1) is 15.9. The Balaban J connectivity index is 2.19. The smallest absolute Gasteiger partial charge is 0.125 e. The summed E-state index contributed by atoms with van der Waals surface area (Å²) in [4.78, 5) is 4.33. The monoisotopic (exact) mass is 266 g/mol. The summed E-state index contributed by atoms with van der Waals surface area (Å²) in [6, 6.07) is 4.02. The Hall–Kier alpha value is -1.13. The Morgan fingerprint density at radius 3 is 2.58 bits per heavy atom. The summed E-state index contributed by atoms with van der Waals surface area (Å²) in [5.74, 6) is 0.918. The molecule has 0 saturated carbocycles. The van der Waals surface area contributed by atoms with Gasteiger partial charge in [-0.05, 0) is 38.8 Å². The number of ether oxygens (including phenoxy) is 2. The minimum Gasteiger partial charge on any atom is -0.374 e. The molecule has 108 valence electrons. The largest absolute Gasteiger partial charge is 0.374 e. The van der Waals surface area contributed by atoms with Crippen LogP contribution in [0.1, 0.15) is 39.7 Å². The molecule has 0 aliphatic carbocycles. The number of nitrogens with one attached hydrogen (secondary N) is 1. The summed E-state index contributed by atoms with van der Waals surface area (Å²) < 4.78 is 11.1. The van der Waals surface area contributed by atoms with Gasteiger partial charge in [-0.3, -0.25) is 0 Å². The lowest BCUT2D eigenvalue weighted by molar-refractivity contribution is -0.0377. The molecule has 0 saturated heterocycles. The molecule has 1 rings (SSSR count). The van der Waals surface area contributed by atoms with Crippen molar-refractivity contribution in [1.82, 2.24) is 4.98 Å². The highest BCUT2D eigenvalue weighted by atomic mass is 16.5. The van der Waals surface area contributed by atoms with Gasteiger partial charge >= 0.3 is 0 Å². The zero-order chi connectivity index (χ0) is 14.1. The Kier molecular flexibility index (Phi) is 6.81. The molecule has 1 aromatic rings. The highest BCUT2D eigenvalue weighted by Crippen LogP contribution is 2.08. The Labute approximate surface area is 116 Å². The van der Waals surface area contributed by atoms with Crippen molar-refractivity contribution in [2.45, 2.75) is 46.3 Å². The molecule has 0 fully saturated rings. The van der Waals surface area contributed by atoms with Crippen molar-refractivity contribution >= 4 is 5.82 Å². The minimum absolute atomic E-state index is 0.0997. The summed E-state index contributed by atoms with van der Waals surface area (Å²) >= 11 is 0. The average molecular weight is 266 g/mol. The van der Waals surface area contributed by atoms with Crippen LogP contribution < -0.4 is 5.32 Å². The Morgan fingerprint density at radius 2 is 2.00 bits per heavy atom. The van der Waals surface area contributed by atoms with E-state index in [2.05, 4.69) is 17.2 Å². The summed E-state index contributed by atoms with van der Waals surface area (Å²) in [7, 11) is 0. The van der Waals surface area contributed by atoms with E-state index < -0.39 is 0 Å². The Bertz CT molecular complexity index is 344. The van der Waals surface area contributed by atoms with Crippen molar-refractivity contribution in [1.29, 1.82) is 0 Å². The molecule has 4 nitrogen and oxygen atoms in total. The molecule has 0 atom stereocenters. The second kappa shape index (κ2) is 8.12. The standard InChI is InChI=1S/C15H26N2O2/c1-5-8-16-14-7-6-13(11-17-14)12-18-9-10-19-15(2,3)4/h6-7,11H,5,8-10,12H2,1-4H3,(H,16,17). The third-order valence-electron chi connectivity index (χ3n) is 2.41. The summed E-state index contributed by atoms with van der Waals surface area (Å²) in [6.45, 7) is 11.0. The minimum atomic E-state index is -0.0997. The van der Waals surface area contributed by atoms with Crippen LogP contribution in [0.2, 0.25) is 0 Å². The molecular formula is C15H26N2O2. The van der Waals surface area contributed by atoms with Crippen molar-refractivity contribution in [3.8, 4) is 0 Å². The maximum absolute atomic E-state index is 5.58. The van der Waals surface area contributed by atoms with Gasteiger partial charge in [-0.15, -0.1) is 0 Å². The van der Waals surface area contributed by atoms with Gasteiger partial charge in [0.25, 0.3) is 0 Å². The zero-order valence-corrected chi connectivity index (χ0v) is 12.5. The highest BCUT2D eigenvalue weighted by Gasteiger charge is 2.08. The molecule has 0 aliphatic rings. The molecule has 19 heavy (non-hydrogen) atoms. The van der Waals surface area contributed by atoms with E-state index in [-0.39, 0.29) is 5.60 Å². The second-order valence-corrected chi connectivity index (χ2v) is 5.49. The second-order valence-electron chi connectivity index (χ2n) is 5.49. The lowest BCUT2D eigenvalue weighted by Crippen LogP contribution is -2.21. The van der Waals surface area contributed by atoms with E-state index in [0.29, 0.717) is 19.8 Å². The van der Waals surface area contributed by atoms with Gasteiger partial charge in [-0.2, -0.15) is 0 Å². The third kappa shape index (κ3) is 7.80. The van der Waals surface area contributed by atoms with Crippen LogP contribution in [0.25, 0.3) is 0 Å². The van der Waals surface area contributed by atoms with E-state index >= 15 is 0 Å². The highest BCUT2D eigenvalue weighted by molar-refractivity contribution is 5.35. The van der Waals surface area contributed by atoms with E-state index in [1.807, 2.05) is 39.1 Å². The van der Waals surface area contributed by atoms with Gasteiger partial charge in [0.05, 0.1) is 25.4 Å². The fourth-order valence-electron chi connectivity index (χ4n) is 1.46. The summed E-state index contributed by atoms with van der Waals surface area (Å²) in [6.07, 6.45) is 2.95. The topological polar surface area (TPSA) is 43.4 Å². The number of anilines is 1. The van der Waals surface area contributed by atoms with Gasteiger partial charge in [0, 0.05) is 12.7 Å². The SMILES string of the molecule is CCCNc1ccc(COCCOC(C)(C)C)cn1. The fraction of sp³-hybridized carbons (Fsp3) is 0.667. The van der Waals surface area contributed by atoms with Crippen molar-refractivity contribution < 1.29 is 9.47 Å². The van der Waals surface area contributed by atoms with Crippen LogP contribution in [-0.2, 0) is 16.1 Å². The maximum Gasteiger partial charge on any atom is 0.125 e. The van der Waals surface area contributed by atoms with Gasteiger partial charge in [0.2, 0.25) is 0 Å². The number of rotatable bonds is 8. The maximum atomic E-state index is 5.58. The molecular weight excluding hydrogens is 240 g/mol. The lowest BCUT2D eigenvalue weighted by atomic mass is 10.2. The number of aromatic nitrogens is 1. The van der Waals surface area contributed by atoms with Crippen molar-refractivity contribution in [3.63, 3.8) is 0 Å². The van der Waals surface area contributed by atoms with E-state index in [1.165, 1.54) is 0 Å². The van der Waals surface area contributed by atoms with Gasteiger partial charge in [-0.25, -0.2) is 4.98 Å². The van der Waals surface area contributed by atoms with E-state index in [1.54, 1.807) is 0 Å². The van der Waals surface area contributed by atoms with Gasteiger partial charge in [0.15, 0.2) is 0 Å². The van der Waals surface area contributed by atoms with Crippen molar-refractivity contribution in [2.24, 2.45) is 0 Å². The molecule has 0 amide bonds. The van der Waals surface area contributed by atoms with E-state index in [9.17, 15) is 0 Å². The fourth-order valence-corrected chi connectivity index (χ4v) is 1.46. The first-order chi connectivity index (χ1) is 9.01. The molecule has 0 aliphatic heterocycles. The molecule has 0 unspecified atom stereocenters. The predicted octanol–water partition coefficient (Wildman–Crippen LogP) is 3.24. The quantitative estimate of drug-likeness (QED) is 0.734. The molecule has 0 aromatic carbocycles. The van der Waals surface area contributed by atoms with Crippen LogP contribution in [0, 0.1) is 0 Å². The molecule has 1 heterocycles. The first-order valence-electron chi connectivity index (χ1n) is 6.92. The third-order valence-corrected chi connectivity index (χ3v) is 2.41. The lowest BCUT2D eigenvalue weighted by Gasteiger charge is -2.19. The van der Waals surface area contributed by atoms with Crippen LogP contribution in [0.15, 0.2) is 18.3 Å². The van der Waals surface area contributed by atoms with Crippen LogP contribution in [0.3, 0.4) is 0 Å². The van der Waals surface area contributed by atoms with Crippen LogP contribution in [0.4, 0.5) is 5.82 Å². The first-order valence-corrected chi connectivity index (χ1v) is 6.92. The normalized spacial score (nSPS) is 11.6. The summed E-state index contributed by atoms with van der Waals surface area (Å²) in [5, 5.41) is 3.24. The van der Waals surface area contributed by atoms with E-state index in [4.69, 9.17) is 9.47 Å². The molecule has 0 bridgehead atoms. The molecule has 0 radical (unpaired) electrons. The van der Waals surface area contributed by atoms with Crippen molar-refractivity contribution in [3.05, 3.63) is 23.9 Å². The number of hydrogen-bond donors (Lipinski definition) is 1. The van der Waals surface area contributed by atoms with Gasteiger partial charge in [0.1, 0.15) is 5.82 Å². The van der Waals surface area contributed by atoms with Gasteiger partial charge in [-0.1, -0.05) is 13.0 Å². The number of hydrogen-bond acceptors (Lipinski definition) is 4. The Morgan fingerprint density at radius 1 is 1.21 bits per heavy atom. The average Bonchev–Trinajstić information content (AvgIpc) is 2.36. The van der Waals surface area contributed by atoms with Crippen molar-refractivity contribution in [2.75, 3.05) is 25.1 Å². The molecule has 4 heteroatoms. The summed E-state index contributed by atoms with van der Waals surface area (Å²) in [5.41, 5.74) is 0.982. The zero-order valence-electron chi connectivity index (χ0n) is 12.5. The number of pyridine rings is 1. The molecule has 0 spiro atoms. The molecule has 1 aromatic heterocycles. The van der Waals surface area contributed by atoms with Gasteiger partial charge < -0.3 is 14.8 Å². The van der Waals surface area contributed by atoms with E-state index in [0.717, 1.165) is 24.3 Å². The number of nitrogens with zero attached hydrogens (tertiary/aromatic N) is 1. The molecule has 1 N–H and O–H groups in total. The van der Waals surface area contributed by atoms with Crippen LogP contribution >= 0.6 is 0 Å². The van der Waals surface area contributed by atoms with Crippen LogP contribution in [-0.4, -0.2) is 30.3 Å².